The third kappa shape index (κ3) is 5.30. The largest absolute Gasteiger partial charge is 1.00 e. The van der Waals surface area contributed by atoms with Crippen molar-refractivity contribution < 1.29 is 26.3 Å². The summed E-state index contributed by atoms with van der Waals surface area (Å²) in [7, 11) is 0. The molecule has 0 saturated heterocycles. The van der Waals surface area contributed by atoms with E-state index in [-0.39, 0.29) is 22.9 Å². The van der Waals surface area contributed by atoms with Gasteiger partial charge in [-0.2, -0.15) is 0 Å². The molecule has 25 heavy (non-hydrogen) atoms. The van der Waals surface area contributed by atoms with Gasteiger partial charge < -0.3 is 22.3 Å². The van der Waals surface area contributed by atoms with Crippen LogP contribution in [-0.2, 0) is 6.54 Å². The zero-order valence-electron chi connectivity index (χ0n) is 13.1. The second-order valence-electron chi connectivity index (χ2n) is 5.32. The molecular weight excluding hydrogens is 423 g/mol. The Labute approximate surface area is 167 Å². The molecule has 6 heteroatoms. The van der Waals surface area contributed by atoms with E-state index in [1.165, 1.54) is 5.56 Å². The lowest BCUT2D eigenvalue weighted by atomic mass is 10.2. The minimum absolute atomic E-state index is 0. The van der Waals surface area contributed by atoms with Gasteiger partial charge in [0, 0.05) is 22.7 Å². The van der Waals surface area contributed by atoms with Crippen molar-refractivity contribution >= 4 is 34.8 Å². The highest BCUT2D eigenvalue weighted by Crippen LogP contribution is 2.21. The third-order valence-corrected chi connectivity index (χ3v) is 4.08. The molecule has 128 valence electrons. The lowest BCUT2D eigenvalue weighted by molar-refractivity contribution is -0.688. The van der Waals surface area contributed by atoms with Gasteiger partial charge in [0.1, 0.15) is 0 Å². The quantitative estimate of drug-likeness (QED) is 0.617. The maximum Gasteiger partial charge on any atom is 0.257 e. The standard InChI is InChI=1S/C19H14Cl2N2O.BrH/c20-15-6-7-17(18(21)12-15)19(24)22-16-8-10-23(11-9-16)13-14-4-2-1-3-5-14;/h1-12H,13H2;1H. The minimum atomic E-state index is -0.266. The molecule has 3 nitrogen and oxygen atoms in total. The normalized spacial score (nSPS) is 10.0. The van der Waals surface area contributed by atoms with Gasteiger partial charge >= 0.3 is 0 Å². The third-order valence-electron chi connectivity index (χ3n) is 3.53. The first kappa shape index (κ1) is 19.4. The summed E-state index contributed by atoms with van der Waals surface area (Å²) in [6.45, 7) is 0.776. The summed E-state index contributed by atoms with van der Waals surface area (Å²) < 4.78 is 2.04. The Morgan fingerprint density at radius 2 is 1.64 bits per heavy atom. The zero-order valence-corrected chi connectivity index (χ0v) is 16.2. The smallest absolute Gasteiger partial charge is 0.257 e. The Bertz CT molecular complexity index is 855. The predicted molar refractivity (Wildman–Crippen MR) is 96.6 cm³/mol. The number of pyridine rings is 1. The Morgan fingerprint density at radius 1 is 0.960 bits per heavy atom. The Kier molecular flexibility index (Phi) is 7.00. The van der Waals surface area contributed by atoms with Gasteiger partial charge in [-0.25, -0.2) is 4.57 Å². The summed E-state index contributed by atoms with van der Waals surface area (Å²) in [4.78, 5) is 12.3. The van der Waals surface area contributed by atoms with Crippen molar-refractivity contribution in [1.29, 1.82) is 0 Å². The van der Waals surface area contributed by atoms with Gasteiger partial charge in [0.05, 0.1) is 16.3 Å². The van der Waals surface area contributed by atoms with Crippen LogP contribution in [0.4, 0.5) is 5.69 Å². The van der Waals surface area contributed by atoms with Crippen molar-refractivity contribution in [3.63, 3.8) is 0 Å². The van der Waals surface area contributed by atoms with E-state index in [0.717, 1.165) is 6.54 Å². The van der Waals surface area contributed by atoms with Crippen LogP contribution < -0.4 is 26.9 Å². The highest BCUT2D eigenvalue weighted by atomic mass is 79.9. The molecule has 0 radical (unpaired) electrons. The van der Waals surface area contributed by atoms with E-state index in [1.807, 2.05) is 47.3 Å². The van der Waals surface area contributed by atoms with Gasteiger partial charge in [-0.05, 0) is 18.2 Å². The second-order valence-corrected chi connectivity index (χ2v) is 6.17. The number of nitrogens with zero attached hydrogens (tertiary/aromatic N) is 1. The molecule has 0 aliphatic rings. The second kappa shape index (κ2) is 8.99. The van der Waals surface area contributed by atoms with E-state index in [4.69, 9.17) is 23.2 Å². The summed E-state index contributed by atoms with van der Waals surface area (Å²) in [6.07, 6.45) is 3.85. The Hall–Kier alpha value is -1.88. The zero-order chi connectivity index (χ0) is 16.9. The number of halogens is 3. The predicted octanol–water partition coefficient (Wildman–Crippen LogP) is 1.59. The van der Waals surface area contributed by atoms with Crippen LogP contribution in [-0.4, -0.2) is 5.91 Å². The van der Waals surface area contributed by atoms with Crippen molar-refractivity contribution in [3.8, 4) is 0 Å². The summed E-state index contributed by atoms with van der Waals surface area (Å²) in [5.41, 5.74) is 2.31. The van der Waals surface area contributed by atoms with Crippen LogP contribution in [0.2, 0.25) is 10.0 Å². The highest BCUT2D eigenvalue weighted by Gasteiger charge is 2.12. The average Bonchev–Trinajstić information content (AvgIpc) is 2.57. The molecular formula is C19H15BrCl2N2O. The lowest BCUT2D eigenvalue weighted by Gasteiger charge is -2.06. The molecule has 0 saturated carbocycles. The van der Waals surface area contributed by atoms with Gasteiger partial charge in [0.25, 0.3) is 5.91 Å². The molecule has 3 aromatic rings. The van der Waals surface area contributed by atoms with E-state index >= 15 is 0 Å². The molecule has 0 bridgehead atoms. The first-order valence-corrected chi connectivity index (χ1v) is 8.17. The first-order valence-electron chi connectivity index (χ1n) is 7.41. The van der Waals surface area contributed by atoms with Crippen LogP contribution in [0.5, 0.6) is 0 Å². The number of amides is 1. The fourth-order valence-electron chi connectivity index (χ4n) is 2.31. The van der Waals surface area contributed by atoms with Gasteiger partial charge in [-0.1, -0.05) is 53.5 Å². The summed E-state index contributed by atoms with van der Waals surface area (Å²) in [5.74, 6) is -0.266. The van der Waals surface area contributed by atoms with E-state index < -0.39 is 0 Å². The minimum Gasteiger partial charge on any atom is -1.00 e. The van der Waals surface area contributed by atoms with Crippen molar-refractivity contribution in [2.75, 3.05) is 5.32 Å². The maximum atomic E-state index is 12.3. The molecule has 0 aliphatic carbocycles. The number of rotatable bonds is 4. The Balaban J connectivity index is 0.00000225. The SMILES string of the molecule is O=C(Nc1cc[n+](Cc2ccccc2)cc1)c1ccc(Cl)cc1Cl.[Br-]. The van der Waals surface area contributed by atoms with Crippen LogP contribution in [0.15, 0.2) is 73.1 Å². The fourth-order valence-corrected chi connectivity index (χ4v) is 2.81. The number of carbonyl (C=O) groups is 1. The van der Waals surface area contributed by atoms with Crippen molar-refractivity contribution in [3.05, 3.63) is 94.2 Å². The average molecular weight is 438 g/mol. The van der Waals surface area contributed by atoms with E-state index in [1.54, 1.807) is 18.2 Å². The van der Waals surface area contributed by atoms with Crippen LogP contribution in [0, 0.1) is 0 Å². The van der Waals surface area contributed by atoms with Crippen LogP contribution in [0.3, 0.4) is 0 Å². The van der Waals surface area contributed by atoms with Crippen molar-refractivity contribution in [2.45, 2.75) is 6.54 Å². The lowest BCUT2D eigenvalue weighted by Crippen LogP contribution is -3.00. The highest BCUT2D eigenvalue weighted by molar-refractivity contribution is 6.37. The number of carbonyl (C=O) groups excluding carboxylic acids is 1. The number of benzene rings is 2. The van der Waals surface area contributed by atoms with Gasteiger partial charge in [-0.3, -0.25) is 4.79 Å². The van der Waals surface area contributed by atoms with Gasteiger partial charge in [-0.15, -0.1) is 0 Å². The molecule has 0 spiro atoms. The molecule has 0 atom stereocenters. The van der Waals surface area contributed by atoms with Crippen molar-refractivity contribution in [1.82, 2.24) is 0 Å². The van der Waals surface area contributed by atoms with E-state index in [9.17, 15) is 4.79 Å². The van der Waals surface area contributed by atoms with Gasteiger partial charge in [0.2, 0.25) is 0 Å². The fraction of sp³-hybridized carbons (Fsp3) is 0.0526. The molecule has 1 heterocycles. The van der Waals surface area contributed by atoms with Crippen molar-refractivity contribution in [2.24, 2.45) is 0 Å². The van der Waals surface area contributed by atoms with Crippen LogP contribution in [0.25, 0.3) is 0 Å². The monoisotopic (exact) mass is 436 g/mol. The summed E-state index contributed by atoms with van der Waals surface area (Å²) in [5, 5.41) is 3.66. The van der Waals surface area contributed by atoms with Gasteiger partial charge in [0.15, 0.2) is 18.9 Å². The van der Waals surface area contributed by atoms with Crippen LogP contribution in [0.1, 0.15) is 15.9 Å². The molecule has 0 unspecified atom stereocenters. The number of hydrogen-bond acceptors (Lipinski definition) is 1. The molecule has 0 aliphatic heterocycles. The molecule has 2 aromatic carbocycles. The van der Waals surface area contributed by atoms with E-state index in [0.29, 0.717) is 21.3 Å². The number of anilines is 1. The molecule has 1 N–H and O–H groups in total. The number of nitrogens with one attached hydrogen (secondary N) is 1. The molecule has 1 aromatic heterocycles. The Morgan fingerprint density at radius 3 is 2.28 bits per heavy atom. The molecule has 1 amide bonds. The topological polar surface area (TPSA) is 33.0 Å². The molecule has 0 fully saturated rings. The first-order chi connectivity index (χ1) is 11.6. The number of hydrogen-bond donors (Lipinski definition) is 1. The van der Waals surface area contributed by atoms with Crippen LogP contribution >= 0.6 is 23.2 Å². The maximum absolute atomic E-state index is 12.3. The number of aromatic nitrogens is 1. The summed E-state index contributed by atoms with van der Waals surface area (Å²) in [6, 6.07) is 18.7. The molecule has 3 rings (SSSR count). The van der Waals surface area contributed by atoms with E-state index in [2.05, 4.69) is 17.4 Å². The summed E-state index contributed by atoms with van der Waals surface area (Å²) >= 11 is 11.9.